The molecule has 130 valence electrons. The van der Waals surface area contributed by atoms with Crippen molar-refractivity contribution in [3.8, 4) is 5.69 Å². The summed E-state index contributed by atoms with van der Waals surface area (Å²) >= 11 is 1.54. The number of thiophene rings is 1. The Morgan fingerprint density at radius 2 is 1.92 bits per heavy atom. The molecule has 0 aliphatic heterocycles. The van der Waals surface area contributed by atoms with Crippen molar-refractivity contribution in [1.82, 2.24) is 19.7 Å². The highest BCUT2D eigenvalue weighted by atomic mass is 32.1. The lowest BCUT2D eigenvalue weighted by Crippen LogP contribution is -2.29. The Balaban J connectivity index is 1.55. The maximum atomic E-state index is 12.9. The minimum atomic E-state index is -0.0301. The smallest absolute Gasteiger partial charge is 0.264 e. The molecule has 5 nitrogen and oxygen atoms in total. The van der Waals surface area contributed by atoms with Gasteiger partial charge in [-0.1, -0.05) is 30.3 Å². The van der Waals surface area contributed by atoms with E-state index in [9.17, 15) is 4.79 Å². The largest absolute Gasteiger partial charge is 0.334 e. The number of nitrogens with zero attached hydrogens (tertiary/aromatic N) is 4. The molecule has 2 aromatic carbocycles. The molecule has 0 fully saturated rings. The maximum absolute atomic E-state index is 12.9. The topological polar surface area (TPSA) is 51.0 Å². The van der Waals surface area contributed by atoms with Crippen LogP contribution in [0, 0.1) is 0 Å². The van der Waals surface area contributed by atoms with Gasteiger partial charge in [0.05, 0.1) is 16.6 Å². The van der Waals surface area contributed by atoms with E-state index in [2.05, 4.69) is 10.1 Å². The molecule has 0 N–H and O–H groups in total. The predicted octanol–water partition coefficient (Wildman–Crippen LogP) is 4.32. The summed E-state index contributed by atoms with van der Waals surface area (Å²) in [6, 6.07) is 18.0. The molecule has 0 aliphatic rings. The molecule has 4 aromatic rings. The van der Waals surface area contributed by atoms with Gasteiger partial charge in [-0.15, -0.1) is 11.3 Å². The summed E-state index contributed by atoms with van der Waals surface area (Å²) < 4.78 is 2.84. The quantitative estimate of drug-likeness (QED) is 0.543. The van der Waals surface area contributed by atoms with Gasteiger partial charge >= 0.3 is 0 Å². The van der Waals surface area contributed by atoms with Crippen molar-refractivity contribution < 1.29 is 4.79 Å². The van der Waals surface area contributed by atoms with Crippen molar-refractivity contribution in [3.63, 3.8) is 0 Å². The fourth-order valence-electron chi connectivity index (χ4n) is 2.91. The fraction of sp³-hybridized carbons (Fsp3) is 0.150. The summed E-state index contributed by atoms with van der Waals surface area (Å²) in [6.45, 7) is 2.04. The van der Waals surface area contributed by atoms with Gasteiger partial charge in [-0.2, -0.15) is 5.10 Å². The van der Waals surface area contributed by atoms with Gasteiger partial charge in [-0.3, -0.25) is 4.79 Å². The summed E-state index contributed by atoms with van der Waals surface area (Å²) in [7, 11) is 1.85. The number of carbonyl (C=O) groups is 1. The Morgan fingerprint density at radius 3 is 2.62 bits per heavy atom. The zero-order chi connectivity index (χ0) is 18.1. The van der Waals surface area contributed by atoms with Gasteiger partial charge in [0.25, 0.3) is 5.91 Å². The van der Waals surface area contributed by atoms with Gasteiger partial charge in [-0.05, 0) is 42.1 Å². The standard InChI is InChI=1S/C20H18N4OS/c1-14(15-7-9-17(10-8-15)24-13-21-12-22-24)23(2)20(25)19-11-16-5-3-4-6-18(16)26-19/h3-14H,1-2H3/t14-/m1/s1. The third-order valence-corrected chi connectivity index (χ3v) is 5.70. The molecular formula is C20H18N4OS. The molecule has 6 heteroatoms. The maximum Gasteiger partial charge on any atom is 0.264 e. The van der Waals surface area contributed by atoms with E-state index in [1.165, 1.54) is 17.7 Å². The normalized spacial score (nSPS) is 12.2. The molecule has 0 bridgehead atoms. The van der Waals surface area contributed by atoms with Gasteiger partial charge in [0, 0.05) is 11.7 Å². The molecule has 2 aromatic heterocycles. The average molecular weight is 362 g/mol. The van der Waals surface area contributed by atoms with Gasteiger partial charge in [0.2, 0.25) is 0 Å². The highest BCUT2D eigenvalue weighted by Crippen LogP contribution is 2.28. The SMILES string of the molecule is C[C@H](c1ccc(-n2cncn2)cc1)N(C)C(=O)c1cc2ccccc2s1. The van der Waals surface area contributed by atoms with Crippen LogP contribution in [-0.2, 0) is 0 Å². The summed E-state index contributed by atoms with van der Waals surface area (Å²) in [4.78, 5) is 19.4. The molecule has 1 amide bonds. The monoisotopic (exact) mass is 362 g/mol. The van der Waals surface area contributed by atoms with E-state index in [-0.39, 0.29) is 11.9 Å². The first-order valence-corrected chi connectivity index (χ1v) is 9.16. The first-order chi connectivity index (χ1) is 12.6. The van der Waals surface area contributed by atoms with Gasteiger partial charge in [-0.25, -0.2) is 9.67 Å². The Kier molecular flexibility index (Phi) is 4.26. The van der Waals surface area contributed by atoms with Crippen LogP contribution in [0.15, 0.2) is 67.3 Å². The van der Waals surface area contributed by atoms with Crippen molar-refractivity contribution in [3.05, 3.63) is 77.7 Å². The highest BCUT2D eigenvalue weighted by Gasteiger charge is 2.20. The van der Waals surface area contributed by atoms with E-state index in [0.717, 1.165) is 26.2 Å². The van der Waals surface area contributed by atoms with E-state index < -0.39 is 0 Å². The average Bonchev–Trinajstić information content (AvgIpc) is 3.36. The second-order valence-corrected chi connectivity index (χ2v) is 7.26. The van der Waals surface area contributed by atoms with Crippen molar-refractivity contribution in [2.45, 2.75) is 13.0 Å². The molecular weight excluding hydrogens is 344 g/mol. The second kappa shape index (κ2) is 6.72. The van der Waals surface area contributed by atoms with Crippen molar-refractivity contribution in [1.29, 1.82) is 0 Å². The third-order valence-electron chi connectivity index (χ3n) is 4.60. The van der Waals surface area contributed by atoms with Crippen molar-refractivity contribution >= 4 is 27.3 Å². The summed E-state index contributed by atoms with van der Waals surface area (Å²) in [5.74, 6) is 0.0408. The Labute approximate surface area is 155 Å². The number of amides is 1. The summed E-state index contributed by atoms with van der Waals surface area (Å²) in [6.07, 6.45) is 3.17. The van der Waals surface area contributed by atoms with Crippen LogP contribution in [0.3, 0.4) is 0 Å². The zero-order valence-electron chi connectivity index (χ0n) is 14.5. The van der Waals surface area contributed by atoms with Crippen LogP contribution < -0.4 is 0 Å². The summed E-state index contributed by atoms with van der Waals surface area (Å²) in [5, 5.41) is 5.24. The fourth-order valence-corrected chi connectivity index (χ4v) is 3.95. The molecule has 0 saturated heterocycles. The Morgan fingerprint density at radius 1 is 1.15 bits per heavy atom. The molecule has 4 rings (SSSR count). The molecule has 0 radical (unpaired) electrons. The van der Waals surface area contributed by atoms with Gasteiger partial charge in [0.1, 0.15) is 12.7 Å². The zero-order valence-corrected chi connectivity index (χ0v) is 15.4. The molecule has 26 heavy (non-hydrogen) atoms. The van der Waals surface area contributed by atoms with Crippen molar-refractivity contribution in [2.75, 3.05) is 7.05 Å². The molecule has 0 unspecified atom stereocenters. The molecule has 0 aliphatic carbocycles. The van der Waals surface area contributed by atoms with Crippen LogP contribution in [0.1, 0.15) is 28.2 Å². The van der Waals surface area contributed by atoms with E-state index >= 15 is 0 Å². The number of rotatable bonds is 4. The van der Waals surface area contributed by atoms with E-state index in [1.807, 2.05) is 68.6 Å². The van der Waals surface area contributed by atoms with Crippen LogP contribution in [-0.4, -0.2) is 32.6 Å². The van der Waals surface area contributed by atoms with E-state index in [4.69, 9.17) is 0 Å². The lowest BCUT2D eigenvalue weighted by molar-refractivity contribution is 0.0747. The van der Waals surface area contributed by atoms with Crippen LogP contribution in [0.5, 0.6) is 0 Å². The number of aromatic nitrogens is 3. The van der Waals surface area contributed by atoms with Crippen LogP contribution in [0.4, 0.5) is 0 Å². The lowest BCUT2D eigenvalue weighted by atomic mass is 10.1. The molecule has 1 atom stereocenters. The number of fused-ring (bicyclic) bond motifs is 1. The van der Waals surface area contributed by atoms with E-state index in [0.29, 0.717) is 0 Å². The minimum absolute atomic E-state index is 0.0301. The number of hydrogen-bond acceptors (Lipinski definition) is 4. The molecule has 0 spiro atoms. The third kappa shape index (κ3) is 2.99. The first-order valence-electron chi connectivity index (χ1n) is 8.34. The number of benzene rings is 2. The highest BCUT2D eigenvalue weighted by molar-refractivity contribution is 7.20. The predicted molar refractivity (Wildman–Crippen MR) is 104 cm³/mol. The molecule has 2 heterocycles. The van der Waals surface area contributed by atoms with Crippen LogP contribution >= 0.6 is 11.3 Å². The second-order valence-electron chi connectivity index (χ2n) is 6.17. The first kappa shape index (κ1) is 16.5. The van der Waals surface area contributed by atoms with Crippen LogP contribution in [0.2, 0.25) is 0 Å². The molecule has 0 saturated carbocycles. The lowest BCUT2D eigenvalue weighted by Gasteiger charge is -2.25. The van der Waals surface area contributed by atoms with Crippen molar-refractivity contribution in [2.24, 2.45) is 0 Å². The minimum Gasteiger partial charge on any atom is -0.334 e. The number of hydrogen-bond donors (Lipinski definition) is 0. The summed E-state index contributed by atoms with van der Waals surface area (Å²) in [5.41, 5.74) is 2.02. The van der Waals surface area contributed by atoms with Gasteiger partial charge in [0.15, 0.2) is 0 Å². The Bertz CT molecular complexity index is 1000. The van der Waals surface area contributed by atoms with Gasteiger partial charge < -0.3 is 4.90 Å². The number of carbonyl (C=O) groups excluding carboxylic acids is 1. The van der Waals surface area contributed by atoms with Crippen LogP contribution in [0.25, 0.3) is 15.8 Å². The van der Waals surface area contributed by atoms with E-state index in [1.54, 1.807) is 15.9 Å². The Hall–Kier alpha value is -2.99.